The molecule has 0 bridgehead atoms. The number of fused-ring (bicyclic) bond motifs is 1. The Morgan fingerprint density at radius 2 is 1.49 bits per heavy atom. The van der Waals surface area contributed by atoms with Crippen LogP contribution >= 0.6 is 0 Å². The van der Waals surface area contributed by atoms with Crippen molar-refractivity contribution >= 4 is 17.8 Å². The number of aryl methyl sites for hydroxylation is 1. The number of aromatic nitrogens is 1. The first-order valence-corrected chi connectivity index (χ1v) is 10.6. The molecule has 2 fully saturated rings. The number of rotatable bonds is 3. The van der Waals surface area contributed by atoms with E-state index in [-0.39, 0.29) is 5.91 Å². The van der Waals surface area contributed by atoms with Crippen molar-refractivity contribution in [3.05, 3.63) is 53.7 Å². The average molecular weight is 539 g/mol. The molecule has 15 heteroatoms. The van der Waals surface area contributed by atoms with Crippen LogP contribution in [0, 0.1) is 18.8 Å². The van der Waals surface area contributed by atoms with Crippen LogP contribution in [0.25, 0.3) is 0 Å². The number of carbonyl (C=O) groups is 3. The summed E-state index contributed by atoms with van der Waals surface area (Å²) in [5.41, 5.74) is 1.96. The number of amides is 1. The number of likely N-dealkylation sites (tertiary alicyclic amines) is 2. The Morgan fingerprint density at radius 1 is 0.973 bits per heavy atom. The number of nitrogens with zero attached hydrogens (tertiary/aromatic N) is 3. The van der Waals surface area contributed by atoms with Crippen molar-refractivity contribution in [1.82, 2.24) is 14.8 Å². The Labute approximate surface area is 206 Å². The number of hydrogen-bond acceptors (Lipinski definition) is 6. The van der Waals surface area contributed by atoms with Gasteiger partial charge in [0.05, 0.1) is 11.8 Å². The summed E-state index contributed by atoms with van der Waals surface area (Å²) in [7, 11) is 0. The van der Waals surface area contributed by atoms with Gasteiger partial charge in [-0.05, 0) is 36.5 Å². The highest BCUT2D eigenvalue weighted by Gasteiger charge is 2.42. The molecule has 2 saturated heterocycles. The van der Waals surface area contributed by atoms with E-state index in [1.54, 1.807) is 12.3 Å². The van der Waals surface area contributed by atoms with E-state index >= 15 is 0 Å². The second-order valence-corrected chi connectivity index (χ2v) is 8.28. The van der Waals surface area contributed by atoms with Crippen LogP contribution in [-0.2, 0) is 16.1 Å². The fourth-order valence-electron chi connectivity index (χ4n) is 3.91. The third-order valence-electron chi connectivity index (χ3n) is 5.55. The smallest absolute Gasteiger partial charge is 0.475 e. The summed E-state index contributed by atoms with van der Waals surface area (Å²) in [6, 6.07) is 5.89. The minimum absolute atomic E-state index is 0.115. The van der Waals surface area contributed by atoms with Gasteiger partial charge in [-0.1, -0.05) is 6.07 Å². The molecule has 2 aliphatic heterocycles. The van der Waals surface area contributed by atoms with Crippen molar-refractivity contribution in [1.29, 1.82) is 0 Å². The average Bonchev–Trinajstić information content (AvgIpc) is 3.48. The number of carboxylic acid groups (broad SMARTS) is 2. The summed E-state index contributed by atoms with van der Waals surface area (Å²) < 4.78 is 68.7. The van der Waals surface area contributed by atoms with E-state index in [0.29, 0.717) is 23.2 Å². The summed E-state index contributed by atoms with van der Waals surface area (Å²) in [4.78, 5) is 39.0. The predicted molar refractivity (Wildman–Crippen MR) is 113 cm³/mol. The number of pyridine rings is 1. The summed E-state index contributed by atoms with van der Waals surface area (Å²) in [5.74, 6) is -3.51. The van der Waals surface area contributed by atoms with Crippen LogP contribution in [0.4, 0.5) is 26.3 Å². The van der Waals surface area contributed by atoms with E-state index in [1.807, 2.05) is 30.3 Å². The summed E-state index contributed by atoms with van der Waals surface area (Å²) in [6.45, 7) is 6.64. The van der Waals surface area contributed by atoms with Crippen molar-refractivity contribution in [2.24, 2.45) is 11.8 Å². The molecule has 2 N–H and O–H groups in total. The van der Waals surface area contributed by atoms with Gasteiger partial charge in [0.2, 0.25) is 0 Å². The fourth-order valence-corrected chi connectivity index (χ4v) is 3.91. The lowest BCUT2D eigenvalue weighted by molar-refractivity contribution is -0.193. The lowest BCUT2D eigenvalue weighted by Gasteiger charge is -2.21. The molecule has 0 radical (unpaired) electrons. The molecule has 204 valence electrons. The standard InChI is InChI=1S/C18H21N3O2.2C2HF3O2/c1-13-17(4-6-23-13)18(22)21-11-15-9-20(10-16(15)12-21)8-14-3-2-5-19-7-14;2*3-2(4,5)1(6)7/h2-7,15-16H,8-12H2,1H3;2*(H,6,7). The summed E-state index contributed by atoms with van der Waals surface area (Å²) in [5, 5.41) is 14.2. The normalized spacial score (nSPS) is 19.3. The van der Waals surface area contributed by atoms with Gasteiger partial charge in [0, 0.05) is 45.1 Å². The number of alkyl halides is 6. The van der Waals surface area contributed by atoms with Crippen molar-refractivity contribution in [3.8, 4) is 0 Å². The molecule has 0 aliphatic carbocycles. The van der Waals surface area contributed by atoms with E-state index in [0.717, 1.165) is 32.7 Å². The van der Waals surface area contributed by atoms with Gasteiger partial charge in [0.15, 0.2) is 0 Å². The van der Waals surface area contributed by atoms with Crippen LogP contribution < -0.4 is 0 Å². The first-order valence-electron chi connectivity index (χ1n) is 10.6. The van der Waals surface area contributed by atoms with E-state index in [9.17, 15) is 31.1 Å². The van der Waals surface area contributed by atoms with Crippen LogP contribution in [0.1, 0.15) is 21.7 Å². The Bertz CT molecular complexity index is 1030. The Hall–Kier alpha value is -3.62. The molecule has 2 unspecified atom stereocenters. The van der Waals surface area contributed by atoms with Gasteiger partial charge in [0.1, 0.15) is 5.76 Å². The molecular weight excluding hydrogens is 516 g/mol. The van der Waals surface area contributed by atoms with Crippen LogP contribution in [-0.4, -0.2) is 81.4 Å². The zero-order valence-electron chi connectivity index (χ0n) is 19.3. The maximum absolute atomic E-state index is 12.6. The monoisotopic (exact) mass is 539 g/mol. The topological polar surface area (TPSA) is 124 Å². The number of carboxylic acids is 2. The molecule has 4 heterocycles. The lowest BCUT2D eigenvalue weighted by atomic mass is 10.0. The van der Waals surface area contributed by atoms with Crippen molar-refractivity contribution in [3.63, 3.8) is 0 Å². The Balaban J connectivity index is 0.000000286. The Morgan fingerprint density at radius 3 is 1.86 bits per heavy atom. The van der Waals surface area contributed by atoms with Gasteiger partial charge in [0.25, 0.3) is 5.91 Å². The molecule has 2 atom stereocenters. The predicted octanol–water partition coefficient (Wildman–Crippen LogP) is 3.45. The molecule has 0 aromatic carbocycles. The van der Waals surface area contributed by atoms with E-state index in [4.69, 9.17) is 24.2 Å². The van der Waals surface area contributed by atoms with Crippen molar-refractivity contribution in [2.45, 2.75) is 25.8 Å². The summed E-state index contributed by atoms with van der Waals surface area (Å²) in [6.07, 6.45) is -4.83. The van der Waals surface area contributed by atoms with E-state index < -0.39 is 24.3 Å². The molecule has 0 saturated carbocycles. The highest BCUT2D eigenvalue weighted by atomic mass is 19.4. The van der Waals surface area contributed by atoms with Gasteiger partial charge in [-0.2, -0.15) is 26.3 Å². The van der Waals surface area contributed by atoms with Crippen LogP contribution in [0.15, 0.2) is 41.3 Å². The van der Waals surface area contributed by atoms with E-state index in [2.05, 4.69) is 16.0 Å². The SMILES string of the molecule is Cc1occc1C(=O)N1CC2CN(Cc3cccnc3)CC2C1.O=C(O)C(F)(F)F.O=C(O)C(F)(F)F. The van der Waals surface area contributed by atoms with Gasteiger partial charge < -0.3 is 19.5 Å². The third kappa shape index (κ3) is 8.77. The largest absolute Gasteiger partial charge is 0.490 e. The summed E-state index contributed by atoms with van der Waals surface area (Å²) >= 11 is 0. The molecule has 2 aliphatic rings. The maximum Gasteiger partial charge on any atom is 0.490 e. The number of aliphatic carboxylic acids is 2. The minimum atomic E-state index is -5.08. The molecular formula is C22H23F6N3O6. The highest BCUT2D eigenvalue weighted by molar-refractivity contribution is 5.95. The molecule has 4 rings (SSSR count). The van der Waals surface area contributed by atoms with Crippen LogP contribution in [0.5, 0.6) is 0 Å². The van der Waals surface area contributed by atoms with Gasteiger partial charge >= 0.3 is 24.3 Å². The zero-order chi connectivity index (χ0) is 28.0. The zero-order valence-corrected chi connectivity index (χ0v) is 19.3. The number of carbonyl (C=O) groups excluding carboxylic acids is 1. The second-order valence-electron chi connectivity index (χ2n) is 8.28. The second kappa shape index (κ2) is 12.1. The third-order valence-corrected chi connectivity index (χ3v) is 5.55. The minimum Gasteiger partial charge on any atom is -0.475 e. The van der Waals surface area contributed by atoms with Crippen molar-refractivity contribution < 1.29 is 55.4 Å². The number of halogens is 6. The van der Waals surface area contributed by atoms with E-state index in [1.165, 1.54) is 5.56 Å². The fraction of sp³-hybridized carbons (Fsp3) is 0.455. The number of furan rings is 1. The van der Waals surface area contributed by atoms with Gasteiger partial charge in [-0.15, -0.1) is 0 Å². The quantitative estimate of drug-likeness (QED) is 0.569. The van der Waals surface area contributed by atoms with Gasteiger partial charge in [-0.3, -0.25) is 14.7 Å². The Kier molecular flexibility index (Phi) is 9.67. The molecule has 1 amide bonds. The highest BCUT2D eigenvalue weighted by Crippen LogP contribution is 2.33. The lowest BCUT2D eigenvalue weighted by Crippen LogP contribution is -2.33. The molecule has 37 heavy (non-hydrogen) atoms. The molecule has 2 aromatic heterocycles. The van der Waals surface area contributed by atoms with Crippen LogP contribution in [0.2, 0.25) is 0 Å². The number of hydrogen-bond donors (Lipinski definition) is 2. The molecule has 2 aromatic rings. The van der Waals surface area contributed by atoms with Crippen molar-refractivity contribution in [2.75, 3.05) is 26.2 Å². The van der Waals surface area contributed by atoms with Gasteiger partial charge in [-0.25, -0.2) is 9.59 Å². The molecule has 9 nitrogen and oxygen atoms in total. The van der Waals surface area contributed by atoms with Crippen LogP contribution in [0.3, 0.4) is 0 Å². The maximum atomic E-state index is 12.6. The first kappa shape index (κ1) is 29.6. The molecule has 0 spiro atoms. The first-order chi connectivity index (χ1) is 17.1.